The Labute approximate surface area is 62.0 Å². The van der Waals surface area contributed by atoms with Crippen LogP contribution in [0.1, 0.15) is 6.42 Å². The standard InChI is InChI=1S/C6H7BrO2/c1-9-6(8)4-2-5(7)3-4/h2,4H,3H2,1H3. The first-order valence-electron chi connectivity index (χ1n) is 2.68. The van der Waals surface area contributed by atoms with Crippen LogP contribution in [0.3, 0.4) is 0 Å². The molecule has 0 saturated carbocycles. The third kappa shape index (κ3) is 1.33. The molecule has 1 aliphatic carbocycles. The third-order valence-electron chi connectivity index (χ3n) is 1.30. The lowest BCUT2D eigenvalue weighted by atomic mass is 9.96. The Morgan fingerprint density at radius 2 is 2.56 bits per heavy atom. The zero-order chi connectivity index (χ0) is 6.85. The summed E-state index contributed by atoms with van der Waals surface area (Å²) in [5.74, 6) is -0.137. The molecule has 0 radical (unpaired) electrons. The second-order valence-corrected chi connectivity index (χ2v) is 2.97. The molecule has 1 atom stereocenters. The van der Waals surface area contributed by atoms with Crippen LogP contribution in [0.2, 0.25) is 0 Å². The maximum Gasteiger partial charge on any atom is 0.312 e. The van der Waals surface area contributed by atoms with Gasteiger partial charge in [-0.2, -0.15) is 0 Å². The Kier molecular flexibility index (Phi) is 1.90. The molecule has 0 bridgehead atoms. The van der Waals surface area contributed by atoms with Gasteiger partial charge in [0.05, 0.1) is 13.0 Å². The Morgan fingerprint density at radius 3 is 2.89 bits per heavy atom. The molecule has 1 rings (SSSR count). The monoisotopic (exact) mass is 190 g/mol. The van der Waals surface area contributed by atoms with E-state index in [1.54, 1.807) is 0 Å². The molecule has 1 unspecified atom stereocenters. The molecule has 1 aliphatic rings. The summed E-state index contributed by atoms with van der Waals surface area (Å²) in [6, 6.07) is 0. The van der Waals surface area contributed by atoms with Gasteiger partial charge in [-0.3, -0.25) is 4.79 Å². The molecule has 50 valence electrons. The third-order valence-corrected chi connectivity index (χ3v) is 1.89. The molecule has 0 heterocycles. The van der Waals surface area contributed by atoms with Crippen molar-refractivity contribution >= 4 is 21.9 Å². The lowest BCUT2D eigenvalue weighted by Gasteiger charge is -2.18. The van der Waals surface area contributed by atoms with E-state index >= 15 is 0 Å². The van der Waals surface area contributed by atoms with Crippen LogP contribution in [0.5, 0.6) is 0 Å². The van der Waals surface area contributed by atoms with Gasteiger partial charge in [0.25, 0.3) is 0 Å². The highest BCUT2D eigenvalue weighted by molar-refractivity contribution is 9.11. The molecule has 0 amide bonds. The second-order valence-electron chi connectivity index (χ2n) is 1.95. The summed E-state index contributed by atoms with van der Waals surface area (Å²) < 4.78 is 5.59. The fourth-order valence-corrected chi connectivity index (χ4v) is 1.37. The maximum atomic E-state index is 10.7. The smallest absolute Gasteiger partial charge is 0.312 e. The molecule has 2 nitrogen and oxygen atoms in total. The van der Waals surface area contributed by atoms with Crippen molar-refractivity contribution in [2.45, 2.75) is 6.42 Å². The first kappa shape index (κ1) is 6.81. The Bertz CT molecular complexity index is 162. The number of carbonyl (C=O) groups excluding carboxylic acids is 1. The van der Waals surface area contributed by atoms with Gasteiger partial charge >= 0.3 is 5.97 Å². The minimum Gasteiger partial charge on any atom is -0.469 e. The van der Waals surface area contributed by atoms with E-state index in [0.29, 0.717) is 0 Å². The molecule has 9 heavy (non-hydrogen) atoms. The normalized spacial score (nSPS) is 24.2. The quantitative estimate of drug-likeness (QED) is 0.586. The molecular weight excluding hydrogens is 184 g/mol. The molecule has 0 saturated heterocycles. The van der Waals surface area contributed by atoms with E-state index in [1.165, 1.54) is 7.11 Å². The number of halogens is 1. The number of allylic oxidation sites excluding steroid dienone is 1. The summed E-state index contributed by atoms with van der Waals surface area (Å²) >= 11 is 3.25. The highest BCUT2D eigenvalue weighted by Crippen LogP contribution is 2.30. The number of methoxy groups -OCH3 is 1. The van der Waals surface area contributed by atoms with Crippen molar-refractivity contribution in [2.24, 2.45) is 5.92 Å². The van der Waals surface area contributed by atoms with E-state index in [0.717, 1.165) is 10.9 Å². The Balaban J connectivity index is 2.42. The van der Waals surface area contributed by atoms with E-state index in [9.17, 15) is 4.79 Å². The van der Waals surface area contributed by atoms with Gasteiger partial charge in [0.2, 0.25) is 0 Å². The van der Waals surface area contributed by atoms with Gasteiger partial charge in [0.15, 0.2) is 0 Å². The molecule has 0 aromatic carbocycles. The van der Waals surface area contributed by atoms with Crippen molar-refractivity contribution in [2.75, 3.05) is 7.11 Å². The summed E-state index contributed by atoms with van der Waals surface area (Å²) in [5, 5.41) is 0. The summed E-state index contributed by atoms with van der Waals surface area (Å²) in [6.45, 7) is 0. The van der Waals surface area contributed by atoms with E-state index in [4.69, 9.17) is 0 Å². The molecule has 3 heteroatoms. The number of rotatable bonds is 1. The van der Waals surface area contributed by atoms with Crippen LogP contribution in [0.15, 0.2) is 10.6 Å². The van der Waals surface area contributed by atoms with Crippen LogP contribution in [0.4, 0.5) is 0 Å². The summed E-state index contributed by atoms with van der Waals surface area (Å²) in [5.41, 5.74) is 0. The van der Waals surface area contributed by atoms with Gasteiger partial charge in [-0.05, 0) is 10.9 Å². The summed E-state index contributed by atoms with van der Waals surface area (Å²) in [6.07, 6.45) is 2.65. The minimum absolute atomic E-state index is 0.00405. The van der Waals surface area contributed by atoms with Crippen molar-refractivity contribution in [1.29, 1.82) is 0 Å². The van der Waals surface area contributed by atoms with E-state index in [-0.39, 0.29) is 11.9 Å². The SMILES string of the molecule is COC(=O)C1C=C(Br)C1. The number of hydrogen-bond donors (Lipinski definition) is 0. The van der Waals surface area contributed by atoms with Gasteiger partial charge in [-0.25, -0.2) is 0 Å². The molecule has 0 fully saturated rings. The van der Waals surface area contributed by atoms with Gasteiger partial charge in [-0.1, -0.05) is 22.0 Å². The molecule has 0 aromatic heterocycles. The highest BCUT2D eigenvalue weighted by Gasteiger charge is 2.24. The van der Waals surface area contributed by atoms with Crippen molar-refractivity contribution in [1.82, 2.24) is 0 Å². The predicted molar refractivity (Wildman–Crippen MR) is 37.1 cm³/mol. The van der Waals surface area contributed by atoms with Crippen molar-refractivity contribution in [3.8, 4) is 0 Å². The maximum absolute atomic E-state index is 10.7. The van der Waals surface area contributed by atoms with Gasteiger partial charge in [0.1, 0.15) is 0 Å². The Morgan fingerprint density at radius 1 is 2.00 bits per heavy atom. The minimum atomic E-state index is -0.141. The predicted octanol–water partition coefficient (Wildman–Crippen LogP) is 1.46. The average Bonchev–Trinajstić information content (AvgIpc) is 1.79. The first-order chi connectivity index (χ1) is 4.24. The number of hydrogen-bond acceptors (Lipinski definition) is 2. The van der Waals surface area contributed by atoms with E-state index in [2.05, 4.69) is 20.7 Å². The van der Waals surface area contributed by atoms with E-state index < -0.39 is 0 Å². The van der Waals surface area contributed by atoms with Crippen LogP contribution < -0.4 is 0 Å². The largest absolute Gasteiger partial charge is 0.469 e. The van der Waals surface area contributed by atoms with Crippen LogP contribution in [-0.2, 0) is 9.53 Å². The first-order valence-corrected chi connectivity index (χ1v) is 3.47. The fourth-order valence-electron chi connectivity index (χ4n) is 0.698. The van der Waals surface area contributed by atoms with Crippen molar-refractivity contribution in [3.63, 3.8) is 0 Å². The Hall–Kier alpha value is -0.310. The fraction of sp³-hybridized carbons (Fsp3) is 0.500. The topological polar surface area (TPSA) is 26.3 Å². The average molecular weight is 191 g/mol. The van der Waals surface area contributed by atoms with Crippen LogP contribution in [0, 0.1) is 5.92 Å². The van der Waals surface area contributed by atoms with Crippen LogP contribution in [0.25, 0.3) is 0 Å². The number of carbonyl (C=O) groups is 1. The van der Waals surface area contributed by atoms with Gasteiger partial charge < -0.3 is 4.74 Å². The molecule has 0 spiro atoms. The zero-order valence-corrected chi connectivity index (χ0v) is 6.64. The number of esters is 1. The van der Waals surface area contributed by atoms with Crippen LogP contribution in [-0.4, -0.2) is 13.1 Å². The summed E-state index contributed by atoms with van der Waals surface area (Å²) in [4.78, 5) is 10.7. The molecule has 0 aromatic rings. The second kappa shape index (κ2) is 2.52. The van der Waals surface area contributed by atoms with E-state index in [1.807, 2.05) is 6.08 Å². The van der Waals surface area contributed by atoms with Crippen molar-refractivity contribution in [3.05, 3.63) is 10.6 Å². The molecular formula is C6H7BrO2. The highest BCUT2D eigenvalue weighted by atomic mass is 79.9. The van der Waals surface area contributed by atoms with Gasteiger partial charge in [0, 0.05) is 0 Å². The molecule has 0 N–H and O–H groups in total. The van der Waals surface area contributed by atoms with Gasteiger partial charge in [-0.15, -0.1) is 0 Å². The van der Waals surface area contributed by atoms with Crippen molar-refractivity contribution < 1.29 is 9.53 Å². The lowest BCUT2D eigenvalue weighted by Crippen LogP contribution is -2.19. The summed E-state index contributed by atoms with van der Waals surface area (Å²) in [7, 11) is 1.41. The zero-order valence-electron chi connectivity index (χ0n) is 5.06. The molecule has 0 aliphatic heterocycles. The van der Waals surface area contributed by atoms with Crippen LogP contribution >= 0.6 is 15.9 Å². The number of ether oxygens (including phenoxy) is 1. The lowest BCUT2D eigenvalue weighted by molar-refractivity contribution is -0.144.